The van der Waals surface area contributed by atoms with Gasteiger partial charge in [-0.15, -0.1) is 0 Å². The minimum atomic E-state index is 0.434. The molecule has 0 amide bonds. The van der Waals surface area contributed by atoms with Crippen molar-refractivity contribution < 1.29 is 0 Å². The molecule has 1 fully saturated rings. The third kappa shape index (κ3) is 4.14. The van der Waals surface area contributed by atoms with E-state index in [1.807, 2.05) is 6.33 Å². The normalized spacial score (nSPS) is 21.2. The first-order valence-electron chi connectivity index (χ1n) is 10.9. The van der Waals surface area contributed by atoms with E-state index in [4.69, 9.17) is 4.98 Å². The summed E-state index contributed by atoms with van der Waals surface area (Å²) in [6, 6.07) is 22.2. The molecule has 0 saturated carbocycles. The van der Waals surface area contributed by atoms with Crippen LogP contribution in [0.2, 0.25) is 0 Å². The Labute approximate surface area is 173 Å². The summed E-state index contributed by atoms with van der Waals surface area (Å²) in [4.78, 5) is 13.5. The molecule has 1 aromatic heterocycles. The third-order valence-electron chi connectivity index (χ3n) is 6.63. The predicted molar refractivity (Wildman–Crippen MR) is 116 cm³/mol. The molecule has 2 aliphatic heterocycles. The van der Waals surface area contributed by atoms with Gasteiger partial charge in [-0.05, 0) is 43.0 Å². The maximum absolute atomic E-state index is 4.78. The summed E-state index contributed by atoms with van der Waals surface area (Å²) < 4.78 is 0. The van der Waals surface area contributed by atoms with Crippen LogP contribution >= 0.6 is 0 Å². The minimum absolute atomic E-state index is 0.434. The van der Waals surface area contributed by atoms with Gasteiger partial charge < -0.3 is 4.98 Å². The molecule has 5 rings (SSSR count). The highest BCUT2D eigenvalue weighted by Crippen LogP contribution is 2.39. The SMILES string of the molecule is c1ccc(CN2CCC(C3c4nc[nH]c4CCN3Cc3ccccc3)CC2)cc1. The van der Waals surface area contributed by atoms with E-state index < -0.39 is 0 Å². The molecule has 1 unspecified atom stereocenters. The molecule has 2 aliphatic rings. The summed E-state index contributed by atoms with van der Waals surface area (Å²) in [7, 11) is 0. The van der Waals surface area contributed by atoms with Crippen molar-refractivity contribution in [2.45, 2.75) is 38.4 Å². The lowest BCUT2D eigenvalue weighted by molar-refractivity contribution is 0.0690. The second-order valence-electron chi connectivity index (χ2n) is 8.52. The Bertz CT molecular complexity index is 897. The number of piperidine rings is 1. The van der Waals surface area contributed by atoms with Crippen LogP contribution in [0.15, 0.2) is 67.0 Å². The molecule has 4 nitrogen and oxygen atoms in total. The fraction of sp³-hybridized carbons (Fsp3) is 0.400. The van der Waals surface area contributed by atoms with Gasteiger partial charge in [-0.3, -0.25) is 9.80 Å². The fourth-order valence-electron chi connectivity index (χ4n) is 5.14. The lowest BCUT2D eigenvalue weighted by Crippen LogP contribution is -2.43. The lowest BCUT2D eigenvalue weighted by atomic mass is 9.83. The lowest BCUT2D eigenvalue weighted by Gasteiger charge is -2.43. The molecule has 4 heteroatoms. The van der Waals surface area contributed by atoms with Crippen LogP contribution in [-0.4, -0.2) is 39.4 Å². The van der Waals surface area contributed by atoms with Crippen LogP contribution in [0.3, 0.4) is 0 Å². The number of rotatable bonds is 5. The van der Waals surface area contributed by atoms with Gasteiger partial charge in [0.05, 0.1) is 18.1 Å². The van der Waals surface area contributed by atoms with Gasteiger partial charge in [0.25, 0.3) is 0 Å². The van der Waals surface area contributed by atoms with Gasteiger partial charge >= 0.3 is 0 Å². The van der Waals surface area contributed by atoms with Crippen molar-refractivity contribution in [3.63, 3.8) is 0 Å². The van der Waals surface area contributed by atoms with E-state index in [-0.39, 0.29) is 0 Å². The summed E-state index contributed by atoms with van der Waals surface area (Å²) >= 11 is 0. The van der Waals surface area contributed by atoms with Gasteiger partial charge in [-0.2, -0.15) is 0 Å². The van der Waals surface area contributed by atoms with Gasteiger partial charge in [0.15, 0.2) is 0 Å². The Morgan fingerprint density at radius 1 is 0.828 bits per heavy atom. The standard InChI is InChI=1S/C25H30N4/c1-3-7-20(8-4-1)17-28-14-11-22(12-15-28)25-24-23(26-19-27-24)13-16-29(25)18-21-9-5-2-6-10-21/h1-10,19,22,25H,11-18H2,(H,26,27). The van der Waals surface area contributed by atoms with E-state index in [9.17, 15) is 0 Å². The van der Waals surface area contributed by atoms with Crippen molar-refractivity contribution in [1.82, 2.24) is 19.8 Å². The fourth-order valence-corrected chi connectivity index (χ4v) is 5.14. The zero-order valence-electron chi connectivity index (χ0n) is 17.0. The van der Waals surface area contributed by atoms with Gasteiger partial charge in [0, 0.05) is 31.7 Å². The molecule has 29 heavy (non-hydrogen) atoms. The molecule has 0 aliphatic carbocycles. The van der Waals surface area contributed by atoms with Crippen molar-refractivity contribution in [3.05, 3.63) is 89.5 Å². The number of benzene rings is 2. The van der Waals surface area contributed by atoms with Crippen LogP contribution in [0.25, 0.3) is 0 Å². The Morgan fingerprint density at radius 2 is 1.48 bits per heavy atom. The van der Waals surface area contributed by atoms with Crippen molar-refractivity contribution in [1.29, 1.82) is 0 Å². The number of fused-ring (bicyclic) bond motifs is 1. The quantitative estimate of drug-likeness (QED) is 0.705. The maximum atomic E-state index is 4.78. The zero-order valence-corrected chi connectivity index (χ0v) is 17.0. The molecule has 150 valence electrons. The molecule has 0 radical (unpaired) electrons. The number of likely N-dealkylation sites (tertiary alicyclic amines) is 1. The largest absolute Gasteiger partial charge is 0.348 e. The van der Waals surface area contributed by atoms with Crippen LogP contribution in [-0.2, 0) is 19.5 Å². The molecule has 1 N–H and O–H groups in total. The summed E-state index contributed by atoms with van der Waals surface area (Å²) in [5.41, 5.74) is 5.47. The molecule has 0 bridgehead atoms. The predicted octanol–water partition coefficient (Wildman–Crippen LogP) is 4.42. The molecule has 1 atom stereocenters. The number of imidazole rings is 1. The van der Waals surface area contributed by atoms with E-state index >= 15 is 0 Å². The maximum Gasteiger partial charge on any atom is 0.0925 e. The summed E-state index contributed by atoms with van der Waals surface area (Å²) in [6.45, 7) is 5.55. The summed E-state index contributed by atoms with van der Waals surface area (Å²) in [5.74, 6) is 0.674. The molecule has 0 spiro atoms. The Hall–Kier alpha value is -2.43. The van der Waals surface area contributed by atoms with Gasteiger partial charge in [0.1, 0.15) is 0 Å². The highest BCUT2D eigenvalue weighted by atomic mass is 15.2. The number of hydrogen-bond donors (Lipinski definition) is 1. The molecular formula is C25H30N4. The average molecular weight is 387 g/mol. The van der Waals surface area contributed by atoms with Crippen LogP contribution in [0.4, 0.5) is 0 Å². The zero-order chi connectivity index (χ0) is 19.5. The third-order valence-corrected chi connectivity index (χ3v) is 6.63. The number of H-pyrrole nitrogens is 1. The van der Waals surface area contributed by atoms with Crippen LogP contribution in [0, 0.1) is 5.92 Å². The van der Waals surface area contributed by atoms with E-state index in [1.165, 1.54) is 48.4 Å². The number of hydrogen-bond acceptors (Lipinski definition) is 3. The second kappa shape index (κ2) is 8.52. The number of aromatic amines is 1. The molecule has 2 aromatic carbocycles. The number of nitrogens with one attached hydrogen (secondary N) is 1. The van der Waals surface area contributed by atoms with Gasteiger partial charge in [-0.1, -0.05) is 60.7 Å². The Balaban J connectivity index is 1.30. The second-order valence-corrected chi connectivity index (χ2v) is 8.52. The summed E-state index contributed by atoms with van der Waals surface area (Å²) in [6.07, 6.45) is 5.46. The first-order chi connectivity index (χ1) is 14.4. The molecule has 3 aromatic rings. The molecular weight excluding hydrogens is 356 g/mol. The van der Waals surface area contributed by atoms with E-state index in [1.54, 1.807) is 0 Å². The van der Waals surface area contributed by atoms with Crippen LogP contribution < -0.4 is 0 Å². The van der Waals surface area contributed by atoms with Gasteiger partial charge in [0.2, 0.25) is 0 Å². The van der Waals surface area contributed by atoms with Crippen molar-refractivity contribution in [2.75, 3.05) is 19.6 Å². The molecule has 3 heterocycles. The number of nitrogens with zero attached hydrogens (tertiary/aromatic N) is 3. The van der Waals surface area contributed by atoms with Crippen LogP contribution in [0.5, 0.6) is 0 Å². The average Bonchev–Trinajstić information content (AvgIpc) is 3.25. The topological polar surface area (TPSA) is 35.2 Å². The Kier molecular flexibility index (Phi) is 5.46. The number of aromatic nitrogens is 2. The summed E-state index contributed by atoms with van der Waals surface area (Å²) in [5, 5.41) is 0. The smallest absolute Gasteiger partial charge is 0.0925 e. The van der Waals surface area contributed by atoms with Crippen molar-refractivity contribution >= 4 is 0 Å². The van der Waals surface area contributed by atoms with Gasteiger partial charge in [-0.25, -0.2) is 4.98 Å². The van der Waals surface area contributed by atoms with E-state index in [0.29, 0.717) is 12.0 Å². The van der Waals surface area contributed by atoms with Crippen LogP contribution in [0.1, 0.15) is 41.4 Å². The first kappa shape index (κ1) is 18.6. The van der Waals surface area contributed by atoms with Crippen molar-refractivity contribution in [2.24, 2.45) is 5.92 Å². The molecule has 1 saturated heterocycles. The van der Waals surface area contributed by atoms with Crippen molar-refractivity contribution in [3.8, 4) is 0 Å². The first-order valence-corrected chi connectivity index (χ1v) is 10.9. The minimum Gasteiger partial charge on any atom is -0.348 e. The highest BCUT2D eigenvalue weighted by molar-refractivity contribution is 5.23. The highest BCUT2D eigenvalue weighted by Gasteiger charge is 2.37. The Morgan fingerprint density at radius 3 is 2.17 bits per heavy atom. The van der Waals surface area contributed by atoms with E-state index in [0.717, 1.165) is 26.1 Å². The van der Waals surface area contributed by atoms with E-state index in [2.05, 4.69) is 75.4 Å². The monoisotopic (exact) mass is 386 g/mol.